The molecule has 1 aromatic rings. The molecule has 0 aromatic carbocycles. The van der Waals surface area contributed by atoms with E-state index < -0.39 is 0 Å². The van der Waals surface area contributed by atoms with E-state index in [4.69, 9.17) is 4.74 Å². The first-order chi connectivity index (χ1) is 9.16. The summed E-state index contributed by atoms with van der Waals surface area (Å²) in [6.07, 6.45) is 3.32. The summed E-state index contributed by atoms with van der Waals surface area (Å²) in [5.74, 6) is -0.407. The maximum Gasteiger partial charge on any atom is 0.241 e. The molecular weight excluding hydrogens is 244 g/mol. The van der Waals surface area contributed by atoms with Crippen LogP contribution in [0.3, 0.4) is 0 Å². The predicted molar refractivity (Wildman–Crippen MR) is 66.3 cm³/mol. The SMILES string of the molecule is Cc1ccc(N2C(=O)C3C4CCC(O4)C3C2=O)nc1. The Morgan fingerprint density at radius 3 is 2.32 bits per heavy atom. The average molecular weight is 258 g/mol. The van der Waals surface area contributed by atoms with Crippen molar-refractivity contribution in [3.63, 3.8) is 0 Å². The molecule has 5 heteroatoms. The molecule has 1 aromatic heterocycles. The summed E-state index contributed by atoms with van der Waals surface area (Å²) >= 11 is 0. The number of aryl methyl sites for hydroxylation is 1. The molecule has 5 nitrogen and oxygen atoms in total. The normalized spacial score (nSPS) is 36.2. The zero-order valence-electron chi connectivity index (χ0n) is 10.6. The maximum absolute atomic E-state index is 12.5. The number of nitrogens with zero attached hydrogens (tertiary/aromatic N) is 2. The monoisotopic (exact) mass is 258 g/mol. The molecule has 98 valence electrons. The van der Waals surface area contributed by atoms with Crippen LogP contribution in [0.5, 0.6) is 0 Å². The van der Waals surface area contributed by atoms with Crippen LogP contribution in [-0.2, 0) is 14.3 Å². The third kappa shape index (κ3) is 1.36. The highest BCUT2D eigenvalue weighted by Crippen LogP contribution is 2.49. The Labute approximate surface area is 110 Å². The molecule has 3 aliphatic heterocycles. The fourth-order valence-electron chi connectivity index (χ4n) is 3.53. The molecule has 0 saturated carbocycles. The van der Waals surface area contributed by atoms with E-state index >= 15 is 0 Å². The molecule has 0 aliphatic carbocycles. The van der Waals surface area contributed by atoms with E-state index in [1.54, 1.807) is 12.3 Å². The number of carbonyl (C=O) groups is 2. The second-order valence-corrected chi connectivity index (χ2v) is 5.55. The predicted octanol–water partition coefficient (Wildman–Crippen LogP) is 1.06. The van der Waals surface area contributed by atoms with Crippen molar-refractivity contribution >= 4 is 17.6 Å². The molecule has 19 heavy (non-hydrogen) atoms. The molecule has 4 heterocycles. The number of ether oxygens (including phenoxy) is 1. The summed E-state index contributed by atoms with van der Waals surface area (Å²) in [6.45, 7) is 1.92. The van der Waals surface area contributed by atoms with Gasteiger partial charge in [0.05, 0.1) is 24.0 Å². The first-order valence-corrected chi connectivity index (χ1v) is 6.63. The van der Waals surface area contributed by atoms with Gasteiger partial charge in [-0.15, -0.1) is 0 Å². The molecule has 0 spiro atoms. The van der Waals surface area contributed by atoms with Crippen LogP contribution >= 0.6 is 0 Å². The quantitative estimate of drug-likeness (QED) is 0.707. The number of aromatic nitrogens is 1. The van der Waals surface area contributed by atoms with Gasteiger partial charge in [0, 0.05) is 6.20 Å². The number of fused-ring (bicyclic) bond motifs is 5. The molecule has 3 saturated heterocycles. The number of hydrogen-bond donors (Lipinski definition) is 0. The number of anilines is 1. The lowest BCUT2D eigenvalue weighted by atomic mass is 9.81. The summed E-state index contributed by atoms with van der Waals surface area (Å²) in [6, 6.07) is 3.59. The molecule has 2 amide bonds. The van der Waals surface area contributed by atoms with Crippen molar-refractivity contribution in [1.82, 2.24) is 4.98 Å². The Morgan fingerprint density at radius 1 is 1.16 bits per heavy atom. The minimum atomic E-state index is -0.283. The summed E-state index contributed by atoms with van der Waals surface area (Å²) in [5.41, 5.74) is 1.01. The first-order valence-electron chi connectivity index (χ1n) is 6.63. The van der Waals surface area contributed by atoms with Crippen molar-refractivity contribution in [2.75, 3.05) is 4.90 Å². The van der Waals surface area contributed by atoms with Gasteiger partial charge in [0.1, 0.15) is 5.82 Å². The van der Waals surface area contributed by atoms with Crippen LogP contribution < -0.4 is 4.90 Å². The van der Waals surface area contributed by atoms with Crippen molar-refractivity contribution < 1.29 is 14.3 Å². The zero-order valence-corrected chi connectivity index (χ0v) is 10.6. The summed E-state index contributed by atoms with van der Waals surface area (Å²) < 4.78 is 5.69. The van der Waals surface area contributed by atoms with Crippen LogP contribution in [0.2, 0.25) is 0 Å². The lowest BCUT2D eigenvalue weighted by Crippen LogP contribution is -2.34. The van der Waals surface area contributed by atoms with Gasteiger partial charge in [-0.2, -0.15) is 0 Å². The number of pyridine rings is 1. The van der Waals surface area contributed by atoms with Crippen LogP contribution in [0.1, 0.15) is 18.4 Å². The lowest BCUT2D eigenvalue weighted by Gasteiger charge is -2.16. The van der Waals surface area contributed by atoms with Gasteiger partial charge in [0.15, 0.2) is 0 Å². The van der Waals surface area contributed by atoms with Crippen molar-refractivity contribution in [3.8, 4) is 0 Å². The highest BCUT2D eigenvalue weighted by molar-refractivity contribution is 6.22. The summed E-state index contributed by atoms with van der Waals surface area (Å²) in [5, 5.41) is 0. The highest BCUT2D eigenvalue weighted by atomic mass is 16.5. The lowest BCUT2D eigenvalue weighted by molar-refractivity contribution is -0.124. The average Bonchev–Trinajstić information content (AvgIpc) is 3.06. The van der Waals surface area contributed by atoms with Crippen molar-refractivity contribution in [3.05, 3.63) is 23.9 Å². The first kappa shape index (κ1) is 11.1. The van der Waals surface area contributed by atoms with E-state index in [-0.39, 0.29) is 35.9 Å². The number of hydrogen-bond acceptors (Lipinski definition) is 4. The van der Waals surface area contributed by atoms with Crippen molar-refractivity contribution in [1.29, 1.82) is 0 Å². The third-order valence-corrected chi connectivity index (χ3v) is 4.41. The minimum Gasteiger partial charge on any atom is -0.373 e. The third-order valence-electron chi connectivity index (χ3n) is 4.41. The molecule has 0 radical (unpaired) electrons. The van der Waals surface area contributed by atoms with E-state index in [0.29, 0.717) is 5.82 Å². The summed E-state index contributed by atoms with van der Waals surface area (Å²) in [4.78, 5) is 30.4. The van der Waals surface area contributed by atoms with E-state index in [2.05, 4.69) is 4.98 Å². The van der Waals surface area contributed by atoms with Gasteiger partial charge in [0.25, 0.3) is 0 Å². The van der Waals surface area contributed by atoms with E-state index in [0.717, 1.165) is 18.4 Å². The highest BCUT2D eigenvalue weighted by Gasteiger charge is 2.62. The van der Waals surface area contributed by atoms with E-state index in [1.807, 2.05) is 13.0 Å². The topological polar surface area (TPSA) is 59.5 Å². The van der Waals surface area contributed by atoms with Crippen LogP contribution in [0.25, 0.3) is 0 Å². The van der Waals surface area contributed by atoms with Gasteiger partial charge < -0.3 is 4.74 Å². The summed E-state index contributed by atoms with van der Waals surface area (Å²) in [7, 11) is 0. The largest absolute Gasteiger partial charge is 0.373 e. The van der Waals surface area contributed by atoms with Crippen molar-refractivity contribution in [2.24, 2.45) is 11.8 Å². The molecule has 4 atom stereocenters. The van der Waals surface area contributed by atoms with Crippen molar-refractivity contribution in [2.45, 2.75) is 32.0 Å². The molecular formula is C14H14N2O3. The van der Waals surface area contributed by atoms with Gasteiger partial charge >= 0.3 is 0 Å². The number of carbonyl (C=O) groups excluding carboxylic acids is 2. The van der Waals surface area contributed by atoms with Gasteiger partial charge in [-0.05, 0) is 31.4 Å². The molecule has 4 rings (SSSR count). The minimum absolute atomic E-state index is 0.0677. The van der Waals surface area contributed by atoms with Gasteiger partial charge in [0.2, 0.25) is 11.8 Å². The Morgan fingerprint density at radius 2 is 1.79 bits per heavy atom. The molecule has 0 N–H and O–H groups in total. The fourth-order valence-corrected chi connectivity index (χ4v) is 3.53. The smallest absolute Gasteiger partial charge is 0.241 e. The van der Waals surface area contributed by atoms with Gasteiger partial charge in [-0.1, -0.05) is 6.07 Å². The number of imide groups is 1. The zero-order chi connectivity index (χ0) is 13.1. The number of amides is 2. The standard InChI is InChI=1S/C14H14N2O3/c1-7-2-5-10(15-6-7)16-13(17)11-8-3-4-9(19-8)12(11)14(16)18/h2,5-6,8-9,11-12H,3-4H2,1H3. The molecule has 2 bridgehead atoms. The fraction of sp³-hybridized carbons (Fsp3) is 0.500. The molecule has 3 aliphatic rings. The Hall–Kier alpha value is -1.75. The van der Waals surface area contributed by atoms with E-state index in [1.165, 1.54) is 4.90 Å². The Balaban J connectivity index is 1.73. The van der Waals surface area contributed by atoms with Gasteiger partial charge in [-0.25, -0.2) is 9.88 Å². The van der Waals surface area contributed by atoms with Crippen LogP contribution in [0.15, 0.2) is 18.3 Å². The molecule has 4 unspecified atom stereocenters. The number of rotatable bonds is 1. The van der Waals surface area contributed by atoms with Gasteiger partial charge in [-0.3, -0.25) is 9.59 Å². The second kappa shape index (κ2) is 3.63. The Bertz CT molecular complexity index is 541. The van der Waals surface area contributed by atoms with Crippen LogP contribution in [0.4, 0.5) is 5.82 Å². The van der Waals surface area contributed by atoms with Crippen LogP contribution in [0, 0.1) is 18.8 Å². The maximum atomic E-state index is 12.5. The van der Waals surface area contributed by atoms with Crippen LogP contribution in [-0.4, -0.2) is 29.0 Å². The van der Waals surface area contributed by atoms with E-state index in [9.17, 15) is 9.59 Å². The second-order valence-electron chi connectivity index (χ2n) is 5.55. The molecule has 3 fully saturated rings. The Kier molecular flexibility index (Phi) is 2.12.